The van der Waals surface area contributed by atoms with E-state index in [2.05, 4.69) is 39.5 Å². The first-order valence-electron chi connectivity index (χ1n) is 3.72. The molecule has 1 aromatic rings. The second kappa shape index (κ2) is 4.64. The topological polar surface area (TPSA) is 25.8 Å². The fraction of sp³-hybridized carbons (Fsp3) is 0.500. The van der Waals surface area contributed by atoms with Gasteiger partial charge in [0.2, 0.25) is 0 Å². The summed E-state index contributed by atoms with van der Waals surface area (Å²) in [6.45, 7) is 2.11. The lowest BCUT2D eigenvalue weighted by molar-refractivity contribution is 0.926. The van der Waals surface area contributed by atoms with Crippen LogP contribution in [0, 0.1) is 0 Å². The Morgan fingerprint density at radius 1 is 1.36 bits per heavy atom. The molecule has 1 heterocycles. The third kappa shape index (κ3) is 2.73. The Bertz CT molecular complexity index is 208. The van der Waals surface area contributed by atoms with Gasteiger partial charge in [-0.2, -0.15) is 0 Å². The molecule has 0 aliphatic heterocycles. The number of hydrogen-bond donors (Lipinski definition) is 0. The predicted octanol–water partition coefficient (Wildman–Crippen LogP) is 2.02. The van der Waals surface area contributed by atoms with Crippen LogP contribution in [0.25, 0.3) is 0 Å². The van der Waals surface area contributed by atoms with Gasteiger partial charge in [-0.05, 0) is 12.0 Å². The zero-order valence-corrected chi connectivity index (χ0v) is 8.71. The van der Waals surface area contributed by atoms with E-state index in [9.17, 15) is 0 Å². The Balaban J connectivity index is 2.66. The summed E-state index contributed by atoms with van der Waals surface area (Å²) in [6, 6.07) is 0. The monoisotopic (exact) mass is 262 g/mol. The van der Waals surface area contributed by atoms with E-state index in [4.69, 9.17) is 0 Å². The van der Waals surface area contributed by atoms with E-state index in [1.54, 1.807) is 0 Å². The van der Waals surface area contributed by atoms with Crippen molar-refractivity contribution in [2.45, 2.75) is 19.8 Å². The molecule has 0 atom stereocenters. The average molecular weight is 262 g/mol. The summed E-state index contributed by atoms with van der Waals surface area (Å²) in [5, 5.41) is 0. The molecule has 0 saturated heterocycles. The van der Waals surface area contributed by atoms with Crippen molar-refractivity contribution in [3.63, 3.8) is 0 Å². The summed E-state index contributed by atoms with van der Waals surface area (Å²) >= 11 is 2.33. The molecule has 0 saturated carbocycles. The molecule has 1 rings (SSSR count). The number of alkyl halides is 1. The minimum atomic E-state index is 0.955. The molecular weight excluding hydrogens is 251 g/mol. The van der Waals surface area contributed by atoms with Gasteiger partial charge in [-0.25, -0.2) is 9.97 Å². The first kappa shape index (κ1) is 8.90. The molecule has 0 N–H and O–H groups in total. The van der Waals surface area contributed by atoms with Crippen LogP contribution in [0.4, 0.5) is 0 Å². The molecule has 0 amide bonds. The van der Waals surface area contributed by atoms with Gasteiger partial charge in [0.25, 0.3) is 0 Å². The van der Waals surface area contributed by atoms with Gasteiger partial charge >= 0.3 is 0 Å². The van der Waals surface area contributed by atoms with Gasteiger partial charge in [-0.1, -0.05) is 29.5 Å². The first-order chi connectivity index (χ1) is 5.36. The number of aromatic nitrogens is 2. The standard InChI is InChI=1S/C8H11IN2/c1-2-7-5-10-8(3-4-9)11-6-7/h5-6H,2-4H2,1H3. The number of nitrogens with zero attached hydrogens (tertiary/aromatic N) is 2. The molecule has 60 valence electrons. The summed E-state index contributed by atoms with van der Waals surface area (Å²) in [5.74, 6) is 0.955. The summed E-state index contributed by atoms with van der Waals surface area (Å²) in [7, 11) is 0. The Hall–Kier alpha value is -0.190. The molecule has 0 aromatic carbocycles. The lowest BCUT2D eigenvalue weighted by atomic mass is 10.3. The quantitative estimate of drug-likeness (QED) is 0.615. The number of aryl methyl sites for hydroxylation is 2. The Labute approximate surface area is 80.6 Å². The van der Waals surface area contributed by atoms with Crippen molar-refractivity contribution in [2.75, 3.05) is 4.43 Å². The second-order valence-electron chi connectivity index (χ2n) is 2.30. The van der Waals surface area contributed by atoms with Crippen molar-refractivity contribution in [3.8, 4) is 0 Å². The summed E-state index contributed by atoms with van der Waals surface area (Å²) in [4.78, 5) is 8.45. The summed E-state index contributed by atoms with van der Waals surface area (Å²) in [5.41, 5.74) is 1.21. The van der Waals surface area contributed by atoms with E-state index < -0.39 is 0 Å². The minimum Gasteiger partial charge on any atom is -0.241 e. The highest BCUT2D eigenvalue weighted by molar-refractivity contribution is 14.1. The van der Waals surface area contributed by atoms with E-state index in [1.165, 1.54) is 5.56 Å². The molecule has 0 aliphatic carbocycles. The lowest BCUT2D eigenvalue weighted by Gasteiger charge is -1.97. The van der Waals surface area contributed by atoms with Crippen LogP contribution in [0.15, 0.2) is 12.4 Å². The van der Waals surface area contributed by atoms with Crippen LogP contribution in [-0.2, 0) is 12.8 Å². The summed E-state index contributed by atoms with van der Waals surface area (Å²) in [6.07, 6.45) is 5.82. The fourth-order valence-electron chi connectivity index (χ4n) is 0.778. The lowest BCUT2D eigenvalue weighted by Crippen LogP contribution is -1.96. The van der Waals surface area contributed by atoms with Crippen LogP contribution in [0.3, 0.4) is 0 Å². The Morgan fingerprint density at radius 3 is 2.45 bits per heavy atom. The van der Waals surface area contributed by atoms with Crippen LogP contribution in [0.1, 0.15) is 18.3 Å². The van der Waals surface area contributed by atoms with Crippen LogP contribution in [0.2, 0.25) is 0 Å². The van der Waals surface area contributed by atoms with E-state index in [1.807, 2.05) is 12.4 Å². The first-order valence-corrected chi connectivity index (χ1v) is 5.25. The van der Waals surface area contributed by atoms with Gasteiger partial charge in [-0.15, -0.1) is 0 Å². The third-order valence-corrected chi connectivity index (χ3v) is 2.02. The van der Waals surface area contributed by atoms with Crippen molar-refractivity contribution in [1.29, 1.82) is 0 Å². The maximum atomic E-state index is 4.22. The van der Waals surface area contributed by atoms with E-state index in [0.717, 1.165) is 23.1 Å². The molecule has 0 aliphatic rings. The number of halogens is 1. The van der Waals surface area contributed by atoms with Crippen molar-refractivity contribution >= 4 is 22.6 Å². The largest absolute Gasteiger partial charge is 0.241 e. The third-order valence-electron chi connectivity index (χ3n) is 1.49. The molecule has 2 nitrogen and oxygen atoms in total. The van der Waals surface area contributed by atoms with Crippen LogP contribution in [-0.4, -0.2) is 14.4 Å². The van der Waals surface area contributed by atoms with Gasteiger partial charge in [0, 0.05) is 23.2 Å². The smallest absolute Gasteiger partial charge is 0.128 e. The van der Waals surface area contributed by atoms with Gasteiger partial charge in [0.1, 0.15) is 5.82 Å². The van der Waals surface area contributed by atoms with Gasteiger partial charge in [0.15, 0.2) is 0 Å². The normalized spacial score (nSPS) is 10.0. The number of hydrogen-bond acceptors (Lipinski definition) is 2. The minimum absolute atomic E-state index is 0.955. The maximum absolute atomic E-state index is 4.22. The summed E-state index contributed by atoms with van der Waals surface area (Å²) < 4.78 is 1.09. The molecule has 1 aromatic heterocycles. The number of rotatable bonds is 3. The van der Waals surface area contributed by atoms with Gasteiger partial charge in [0.05, 0.1) is 0 Å². The second-order valence-corrected chi connectivity index (χ2v) is 3.38. The molecule has 0 bridgehead atoms. The van der Waals surface area contributed by atoms with E-state index >= 15 is 0 Å². The molecular formula is C8H11IN2. The maximum Gasteiger partial charge on any atom is 0.128 e. The zero-order valence-electron chi connectivity index (χ0n) is 6.55. The highest BCUT2D eigenvalue weighted by atomic mass is 127. The Morgan fingerprint density at radius 2 is 2.00 bits per heavy atom. The van der Waals surface area contributed by atoms with Crippen molar-refractivity contribution in [2.24, 2.45) is 0 Å². The zero-order chi connectivity index (χ0) is 8.10. The molecule has 3 heteroatoms. The SMILES string of the molecule is CCc1cnc(CCI)nc1. The van der Waals surface area contributed by atoms with Crippen LogP contribution in [0.5, 0.6) is 0 Å². The fourth-order valence-corrected chi connectivity index (χ4v) is 1.26. The molecule has 0 spiro atoms. The molecule has 11 heavy (non-hydrogen) atoms. The van der Waals surface area contributed by atoms with Crippen molar-refractivity contribution in [1.82, 2.24) is 9.97 Å². The predicted molar refractivity (Wildman–Crippen MR) is 54.0 cm³/mol. The highest BCUT2D eigenvalue weighted by Crippen LogP contribution is 1.98. The van der Waals surface area contributed by atoms with E-state index in [0.29, 0.717) is 0 Å². The van der Waals surface area contributed by atoms with Crippen LogP contribution < -0.4 is 0 Å². The van der Waals surface area contributed by atoms with Crippen molar-refractivity contribution < 1.29 is 0 Å². The molecule has 0 fully saturated rings. The van der Waals surface area contributed by atoms with Gasteiger partial charge < -0.3 is 0 Å². The van der Waals surface area contributed by atoms with Gasteiger partial charge in [-0.3, -0.25) is 0 Å². The van der Waals surface area contributed by atoms with Crippen molar-refractivity contribution in [3.05, 3.63) is 23.8 Å². The average Bonchev–Trinajstić information content (AvgIpc) is 2.07. The molecule has 0 unspecified atom stereocenters. The van der Waals surface area contributed by atoms with Crippen LogP contribution >= 0.6 is 22.6 Å². The van der Waals surface area contributed by atoms with E-state index in [-0.39, 0.29) is 0 Å². The molecule has 0 radical (unpaired) electrons. The highest BCUT2D eigenvalue weighted by Gasteiger charge is 1.94. The Kier molecular flexibility index (Phi) is 3.76.